The third-order valence-corrected chi connectivity index (χ3v) is 4.57. The summed E-state index contributed by atoms with van der Waals surface area (Å²) < 4.78 is 13.1. The molecular formula is C19H24FN3. The van der Waals surface area contributed by atoms with Gasteiger partial charge in [-0.15, -0.1) is 0 Å². The number of piperazine rings is 1. The number of benzene rings is 2. The normalized spacial score (nSPS) is 18.0. The van der Waals surface area contributed by atoms with Crippen molar-refractivity contribution in [1.82, 2.24) is 9.80 Å². The third-order valence-electron chi connectivity index (χ3n) is 4.57. The van der Waals surface area contributed by atoms with E-state index in [-0.39, 0.29) is 11.9 Å². The van der Waals surface area contributed by atoms with Crippen LogP contribution >= 0.6 is 0 Å². The van der Waals surface area contributed by atoms with Crippen LogP contribution in [0.15, 0.2) is 54.6 Å². The number of hydrogen-bond donors (Lipinski definition) is 1. The van der Waals surface area contributed by atoms with Crippen molar-refractivity contribution >= 4 is 0 Å². The molecule has 0 unspecified atom stereocenters. The van der Waals surface area contributed by atoms with Crippen molar-refractivity contribution in [3.8, 4) is 0 Å². The van der Waals surface area contributed by atoms with Crippen molar-refractivity contribution in [2.75, 3.05) is 32.7 Å². The molecular weight excluding hydrogens is 289 g/mol. The molecule has 1 atom stereocenters. The molecule has 0 amide bonds. The molecule has 1 aliphatic rings. The zero-order valence-electron chi connectivity index (χ0n) is 13.4. The summed E-state index contributed by atoms with van der Waals surface area (Å²) in [5.41, 5.74) is 8.44. The molecule has 3 nitrogen and oxygen atoms in total. The van der Waals surface area contributed by atoms with Gasteiger partial charge in [0.25, 0.3) is 0 Å². The first-order valence-electron chi connectivity index (χ1n) is 8.22. The smallest absolute Gasteiger partial charge is 0.123 e. The second-order valence-electron chi connectivity index (χ2n) is 6.10. The van der Waals surface area contributed by atoms with Crippen LogP contribution in [0, 0.1) is 5.82 Å². The number of nitrogens with two attached hydrogens (primary N) is 1. The molecule has 2 aromatic rings. The number of nitrogens with zero attached hydrogens (tertiary/aromatic N) is 2. The summed E-state index contributed by atoms with van der Waals surface area (Å²) in [5, 5.41) is 0. The van der Waals surface area contributed by atoms with Crippen LogP contribution in [-0.4, -0.2) is 42.5 Å². The molecule has 0 aromatic heterocycles. The van der Waals surface area contributed by atoms with Gasteiger partial charge in [-0.1, -0.05) is 42.5 Å². The molecule has 122 valence electrons. The Morgan fingerprint density at radius 3 is 2.17 bits per heavy atom. The second kappa shape index (κ2) is 7.68. The van der Waals surface area contributed by atoms with Crippen LogP contribution in [-0.2, 0) is 6.54 Å². The van der Waals surface area contributed by atoms with Gasteiger partial charge in [0.15, 0.2) is 0 Å². The summed E-state index contributed by atoms with van der Waals surface area (Å²) >= 11 is 0. The van der Waals surface area contributed by atoms with Gasteiger partial charge in [0.2, 0.25) is 0 Å². The summed E-state index contributed by atoms with van der Waals surface area (Å²) in [6.45, 7) is 5.61. The van der Waals surface area contributed by atoms with Crippen molar-refractivity contribution in [1.29, 1.82) is 0 Å². The lowest BCUT2D eigenvalue weighted by atomic mass is 10.0. The van der Waals surface area contributed by atoms with Crippen molar-refractivity contribution in [2.45, 2.75) is 12.6 Å². The van der Waals surface area contributed by atoms with E-state index in [1.165, 1.54) is 17.7 Å². The second-order valence-corrected chi connectivity index (χ2v) is 6.10. The molecule has 1 fully saturated rings. The highest BCUT2D eigenvalue weighted by molar-refractivity contribution is 5.21. The monoisotopic (exact) mass is 313 g/mol. The van der Waals surface area contributed by atoms with Gasteiger partial charge in [0, 0.05) is 45.3 Å². The summed E-state index contributed by atoms with van der Waals surface area (Å²) in [7, 11) is 0. The van der Waals surface area contributed by atoms with Crippen LogP contribution in [0.2, 0.25) is 0 Å². The minimum Gasteiger partial charge on any atom is -0.329 e. The molecule has 1 aliphatic heterocycles. The lowest BCUT2D eigenvalue weighted by molar-refractivity contribution is 0.0941. The average Bonchev–Trinajstić information content (AvgIpc) is 2.60. The SMILES string of the molecule is NC[C@H](c1ccc(F)cc1)N1CCN(Cc2ccccc2)CC1. The summed E-state index contributed by atoms with van der Waals surface area (Å²) in [6, 6.07) is 17.5. The fraction of sp³-hybridized carbons (Fsp3) is 0.368. The van der Waals surface area contributed by atoms with E-state index in [2.05, 4.69) is 40.1 Å². The zero-order valence-corrected chi connectivity index (χ0v) is 13.4. The quantitative estimate of drug-likeness (QED) is 0.921. The topological polar surface area (TPSA) is 32.5 Å². The molecule has 0 aliphatic carbocycles. The molecule has 0 bridgehead atoms. The Morgan fingerprint density at radius 2 is 1.57 bits per heavy atom. The standard InChI is InChI=1S/C19H24FN3/c20-18-8-6-17(7-9-18)19(14-21)23-12-10-22(11-13-23)15-16-4-2-1-3-5-16/h1-9,19H,10-15,21H2/t19-/m1/s1. The highest BCUT2D eigenvalue weighted by Gasteiger charge is 2.24. The van der Waals surface area contributed by atoms with Crippen molar-refractivity contribution < 1.29 is 4.39 Å². The van der Waals surface area contributed by atoms with E-state index in [0.717, 1.165) is 38.3 Å². The Kier molecular flexibility index (Phi) is 5.39. The number of rotatable bonds is 5. The summed E-state index contributed by atoms with van der Waals surface area (Å²) in [4.78, 5) is 4.89. The Labute approximate surface area is 137 Å². The minimum atomic E-state index is -0.197. The lowest BCUT2D eigenvalue weighted by Crippen LogP contribution is -2.48. The van der Waals surface area contributed by atoms with Gasteiger partial charge in [-0.2, -0.15) is 0 Å². The summed E-state index contributed by atoms with van der Waals surface area (Å²) in [5.74, 6) is -0.197. The fourth-order valence-corrected chi connectivity index (χ4v) is 3.26. The highest BCUT2D eigenvalue weighted by atomic mass is 19.1. The lowest BCUT2D eigenvalue weighted by Gasteiger charge is -2.39. The van der Waals surface area contributed by atoms with Crippen LogP contribution in [0.5, 0.6) is 0 Å². The van der Waals surface area contributed by atoms with Crippen LogP contribution in [0.1, 0.15) is 17.2 Å². The predicted octanol–water partition coefficient (Wildman–Crippen LogP) is 2.64. The number of halogens is 1. The van der Waals surface area contributed by atoms with E-state index in [9.17, 15) is 4.39 Å². The summed E-state index contributed by atoms with van der Waals surface area (Å²) in [6.07, 6.45) is 0. The van der Waals surface area contributed by atoms with Gasteiger partial charge in [-0.25, -0.2) is 4.39 Å². The molecule has 3 rings (SSSR count). The molecule has 0 radical (unpaired) electrons. The number of hydrogen-bond acceptors (Lipinski definition) is 3. The van der Waals surface area contributed by atoms with Gasteiger partial charge in [-0.3, -0.25) is 9.80 Å². The predicted molar refractivity (Wildman–Crippen MR) is 91.5 cm³/mol. The maximum atomic E-state index is 13.1. The van der Waals surface area contributed by atoms with E-state index in [0.29, 0.717) is 6.54 Å². The molecule has 0 spiro atoms. The minimum absolute atomic E-state index is 0.175. The first kappa shape index (κ1) is 16.1. The van der Waals surface area contributed by atoms with Crippen molar-refractivity contribution in [2.24, 2.45) is 5.73 Å². The Morgan fingerprint density at radius 1 is 0.913 bits per heavy atom. The van der Waals surface area contributed by atoms with Gasteiger partial charge in [0.1, 0.15) is 5.82 Å². The van der Waals surface area contributed by atoms with Crippen molar-refractivity contribution in [3.63, 3.8) is 0 Å². The molecule has 2 N–H and O–H groups in total. The maximum Gasteiger partial charge on any atom is 0.123 e. The molecule has 1 saturated heterocycles. The van der Waals surface area contributed by atoms with Crippen LogP contribution in [0.3, 0.4) is 0 Å². The van der Waals surface area contributed by atoms with Gasteiger partial charge in [0.05, 0.1) is 0 Å². The van der Waals surface area contributed by atoms with Crippen LogP contribution in [0.25, 0.3) is 0 Å². The fourth-order valence-electron chi connectivity index (χ4n) is 3.26. The average molecular weight is 313 g/mol. The highest BCUT2D eigenvalue weighted by Crippen LogP contribution is 2.22. The molecule has 23 heavy (non-hydrogen) atoms. The third kappa shape index (κ3) is 4.16. The van der Waals surface area contributed by atoms with E-state index in [1.54, 1.807) is 0 Å². The van der Waals surface area contributed by atoms with Crippen LogP contribution in [0.4, 0.5) is 4.39 Å². The first-order chi connectivity index (χ1) is 11.3. The molecule has 1 heterocycles. The Balaban J connectivity index is 1.58. The van der Waals surface area contributed by atoms with Crippen molar-refractivity contribution in [3.05, 3.63) is 71.5 Å². The van der Waals surface area contributed by atoms with E-state index in [1.807, 2.05) is 12.1 Å². The first-order valence-corrected chi connectivity index (χ1v) is 8.22. The van der Waals surface area contributed by atoms with E-state index < -0.39 is 0 Å². The molecule has 4 heteroatoms. The maximum absolute atomic E-state index is 13.1. The van der Waals surface area contributed by atoms with Gasteiger partial charge < -0.3 is 5.73 Å². The van der Waals surface area contributed by atoms with E-state index >= 15 is 0 Å². The molecule has 0 saturated carbocycles. The van der Waals surface area contributed by atoms with Crippen LogP contribution < -0.4 is 5.73 Å². The zero-order chi connectivity index (χ0) is 16.1. The molecule has 2 aromatic carbocycles. The largest absolute Gasteiger partial charge is 0.329 e. The Hall–Kier alpha value is -1.75. The Bertz CT molecular complexity index is 592. The van der Waals surface area contributed by atoms with E-state index in [4.69, 9.17) is 5.73 Å². The van der Waals surface area contributed by atoms with Gasteiger partial charge >= 0.3 is 0 Å². The van der Waals surface area contributed by atoms with Gasteiger partial charge in [-0.05, 0) is 23.3 Å².